The van der Waals surface area contributed by atoms with Crippen molar-refractivity contribution in [2.45, 2.75) is 39.3 Å². The molecule has 0 spiro atoms. The van der Waals surface area contributed by atoms with E-state index in [9.17, 15) is 9.18 Å². The molecule has 1 saturated heterocycles. The Bertz CT molecular complexity index is 834. The van der Waals surface area contributed by atoms with Crippen molar-refractivity contribution < 1.29 is 9.18 Å². The van der Waals surface area contributed by atoms with E-state index in [-0.39, 0.29) is 11.9 Å². The van der Waals surface area contributed by atoms with Crippen LogP contribution in [-0.4, -0.2) is 33.9 Å². The fraction of sp³-hybridized carbons (Fsp3) is 0.421. The number of benzene rings is 1. The van der Waals surface area contributed by atoms with E-state index in [4.69, 9.17) is 4.98 Å². The van der Waals surface area contributed by atoms with Gasteiger partial charge in [0.15, 0.2) is 0 Å². The first-order valence-electron chi connectivity index (χ1n) is 8.79. The molecule has 1 aromatic carbocycles. The molecule has 1 amide bonds. The highest BCUT2D eigenvalue weighted by Crippen LogP contribution is 2.40. The Kier molecular flexibility index (Phi) is 3.90. The van der Waals surface area contributed by atoms with Crippen molar-refractivity contribution >= 4 is 11.7 Å². The van der Waals surface area contributed by atoms with Crippen molar-refractivity contribution in [3.05, 3.63) is 52.7 Å². The van der Waals surface area contributed by atoms with Crippen LogP contribution in [0.5, 0.6) is 0 Å². The van der Waals surface area contributed by atoms with Crippen LogP contribution in [0.15, 0.2) is 24.3 Å². The Hall–Kier alpha value is -2.50. The number of carbonyl (C=O) groups excluding carboxylic acids is 1. The van der Waals surface area contributed by atoms with Crippen LogP contribution in [0.25, 0.3) is 0 Å². The zero-order valence-electron chi connectivity index (χ0n) is 14.5. The molecule has 1 atom stereocenters. The van der Waals surface area contributed by atoms with Gasteiger partial charge >= 0.3 is 0 Å². The molecule has 4 rings (SSSR count). The number of carbonyl (C=O) groups is 1. The van der Waals surface area contributed by atoms with Crippen molar-refractivity contribution in [3.63, 3.8) is 0 Å². The Balaban J connectivity index is 1.71. The molecule has 2 aliphatic rings. The fourth-order valence-electron chi connectivity index (χ4n) is 3.52. The topological polar surface area (TPSA) is 49.3 Å². The quantitative estimate of drug-likeness (QED) is 0.861. The lowest BCUT2D eigenvalue weighted by Crippen LogP contribution is -2.39. The molecule has 0 N–H and O–H groups in total. The average molecular weight is 340 g/mol. The summed E-state index contributed by atoms with van der Waals surface area (Å²) in [6.07, 6.45) is 1.93. The Morgan fingerprint density at radius 2 is 2.12 bits per heavy atom. The minimum Gasteiger partial charge on any atom is -0.356 e. The first-order valence-corrected chi connectivity index (χ1v) is 8.79. The van der Waals surface area contributed by atoms with Crippen LogP contribution < -0.4 is 4.90 Å². The number of nitrogens with zero attached hydrogens (tertiary/aromatic N) is 4. The molecule has 1 aromatic heterocycles. The van der Waals surface area contributed by atoms with Crippen LogP contribution in [0.4, 0.5) is 10.2 Å². The average Bonchev–Trinajstić information content (AvgIpc) is 2.89. The summed E-state index contributed by atoms with van der Waals surface area (Å²) in [7, 11) is 0. The van der Waals surface area contributed by atoms with E-state index < -0.39 is 5.82 Å². The summed E-state index contributed by atoms with van der Waals surface area (Å²) >= 11 is 0. The van der Waals surface area contributed by atoms with Gasteiger partial charge in [0.2, 0.25) is 0 Å². The second-order valence-electron chi connectivity index (χ2n) is 6.64. The number of aromatic nitrogens is 2. The van der Waals surface area contributed by atoms with Gasteiger partial charge in [-0.2, -0.15) is 0 Å². The molecule has 130 valence electrons. The van der Waals surface area contributed by atoms with E-state index >= 15 is 0 Å². The van der Waals surface area contributed by atoms with Crippen LogP contribution in [0.1, 0.15) is 53.7 Å². The van der Waals surface area contributed by atoms with Crippen molar-refractivity contribution in [3.8, 4) is 0 Å². The van der Waals surface area contributed by atoms with Gasteiger partial charge in [-0.05, 0) is 31.5 Å². The summed E-state index contributed by atoms with van der Waals surface area (Å²) in [5, 5.41) is 0. The van der Waals surface area contributed by atoms with Crippen LogP contribution >= 0.6 is 0 Å². The van der Waals surface area contributed by atoms with Crippen molar-refractivity contribution in [2.24, 2.45) is 0 Å². The lowest BCUT2D eigenvalue weighted by atomic mass is 10.1. The lowest BCUT2D eigenvalue weighted by Gasteiger charge is -2.34. The van der Waals surface area contributed by atoms with E-state index in [0.29, 0.717) is 12.1 Å². The molecule has 6 heteroatoms. The zero-order chi connectivity index (χ0) is 17.6. The standard InChI is InChI=1S/C19H21FN4O/c1-3-16-21-15-11-24(19(25)13-6-4-7-14(20)10-13)12(2)17(15)18(22-16)23-8-5-9-23/h4,6-7,10,12H,3,5,8-9,11H2,1-2H3. The Labute approximate surface area is 146 Å². The summed E-state index contributed by atoms with van der Waals surface area (Å²) in [6.45, 7) is 6.48. The second kappa shape index (κ2) is 6.10. The molecular weight excluding hydrogens is 319 g/mol. The third kappa shape index (κ3) is 2.65. The molecule has 1 unspecified atom stereocenters. The van der Waals surface area contributed by atoms with Gasteiger partial charge in [0, 0.05) is 30.6 Å². The monoisotopic (exact) mass is 340 g/mol. The second-order valence-corrected chi connectivity index (χ2v) is 6.64. The molecule has 2 aliphatic heterocycles. The lowest BCUT2D eigenvalue weighted by molar-refractivity contribution is 0.0703. The highest BCUT2D eigenvalue weighted by atomic mass is 19.1. The summed E-state index contributed by atoms with van der Waals surface area (Å²) in [6, 6.07) is 5.74. The molecule has 5 nitrogen and oxygen atoms in total. The maximum atomic E-state index is 13.5. The van der Waals surface area contributed by atoms with Crippen LogP contribution in [0.3, 0.4) is 0 Å². The maximum absolute atomic E-state index is 13.5. The van der Waals surface area contributed by atoms with E-state index in [2.05, 4.69) is 9.88 Å². The predicted octanol–water partition coefficient (Wildman–Crippen LogP) is 3.11. The van der Waals surface area contributed by atoms with Crippen LogP contribution in [0, 0.1) is 5.82 Å². The van der Waals surface area contributed by atoms with Gasteiger partial charge in [-0.1, -0.05) is 13.0 Å². The molecule has 0 bridgehead atoms. The molecule has 3 heterocycles. The van der Waals surface area contributed by atoms with Crippen molar-refractivity contribution in [1.29, 1.82) is 0 Å². The number of halogens is 1. The molecule has 0 radical (unpaired) electrons. The van der Waals surface area contributed by atoms with Crippen molar-refractivity contribution in [2.75, 3.05) is 18.0 Å². The predicted molar refractivity (Wildman–Crippen MR) is 92.9 cm³/mol. The van der Waals surface area contributed by atoms with Gasteiger partial charge in [0.25, 0.3) is 5.91 Å². The number of fused-ring (bicyclic) bond motifs is 1. The fourth-order valence-corrected chi connectivity index (χ4v) is 3.52. The highest BCUT2D eigenvalue weighted by molar-refractivity contribution is 5.95. The third-order valence-electron chi connectivity index (χ3n) is 5.06. The van der Waals surface area contributed by atoms with Gasteiger partial charge < -0.3 is 9.80 Å². The van der Waals surface area contributed by atoms with Gasteiger partial charge in [0.1, 0.15) is 17.5 Å². The number of hydrogen-bond donors (Lipinski definition) is 0. The number of rotatable bonds is 3. The SMILES string of the molecule is CCc1nc2c(c(N3CCC3)n1)C(C)N(C(=O)c1cccc(F)c1)C2. The highest BCUT2D eigenvalue weighted by Gasteiger charge is 2.37. The zero-order valence-corrected chi connectivity index (χ0v) is 14.5. The van der Waals surface area contributed by atoms with Gasteiger partial charge in [-0.25, -0.2) is 14.4 Å². The smallest absolute Gasteiger partial charge is 0.254 e. The molecule has 2 aromatic rings. The maximum Gasteiger partial charge on any atom is 0.254 e. The summed E-state index contributed by atoms with van der Waals surface area (Å²) in [4.78, 5) is 26.3. The number of amides is 1. The van der Waals surface area contributed by atoms with E-state index in [1.54, 1.807) is 17.0 Å². The normalized spacial score (nSPS) is 18.9. The first kappa shape index (κ1) is 16.0. The van der Waals surface area contributed by atoms with Crippen LogP contribution in [0.2, 0.25) is 0 Å². The minimum absolute atomic E-state index is 0.118. The summed E-state index contributed by atoms with van der Waals surface area (Å²) in [5.41, 5.74) is 2.33. The molecule has 0 aliphatic carbocycles. The van der Waals surface area contributed by atoms with E-state index in [1.165, 1.54) is 18.6 Å². The first-order chi connectivity index (χ1) is 12.1. The van der Waals surface area contributed by atoms with Crippen LogP contribution in [-0.2, 0) is 13.0 Å². The number of aryl methyl sites for hydroxylation is 1. The van der Waals surface area contributed by atoms with E-state index in [0.717, 1.165) is 42.4 Å². The molecule has 25 heavy (non-hydrogen) atoms. The largest absolute Gasteiger partial charge is 0.356 e. The third-order valence-corrected chi connectivity index (χ3v) is 5.06. The Morgan fingerprint density at radius 1 is 1.32 bits per heavy atom. The Morgan fingerprint density at radius 3 is 2.76 bits per heavy atom. The summed E-state index contributed by atoms with van der Waals surface area (Å²) in [5.74, 6) is 1.21. The number of hydrogen-bond acceptors (Lipinski definition) is 4. The molecule has 1 fully saturated rings. The molecular formula is C19H21FN4O. The van der Waals surface area contributed by atoms with Gasteiger partial charge in [0.05, 0.1) is 18.3 Å². The minimum atomic E-state index is -0.399. The number of anilines is 1. The summed E-state index contributed by atoms with van der Waals surface area (Å²) < 4.78 is 13.5. The van der Waals surface area contributed by atoms with Gasteiger partial charge in [-0.15, -0.1) is 0 Å². The molecule has 0 saturated carbocycles. The van der Waals surface area contributed by atoms with Crippen molar-refractivity contribution in [1.82, 2.24) is 14.9 Å². The van der Waals surface area contributed by atoms with E-state index in [1.807, 2.05) is 13.8 Å². The van der Waals surface area contributed by atoms with Gasteiger partial charge in [-0.3, -0.25) is 4.79 Å².